The van der Waals surface area contributed by atoms with E-state index in [1.165, 1.54) is 17.8 Å². The van der Waals surface area contributed by atoms with E-state index in [0.717, 1.165) is 17.2 Å². The minimum absolute atomic E-state index is 0.508. The molecule has 0 bridgehead atoms. The van der Waals surface area contributed by atoms with Gasteiger partial charge in [0.15, 0.2) is 0 Å². The number of aromatic nitrogens is 1. The number of thiazole rings is 1. The van der Waals surface area contributed by atoms with Gasteiger partial charge in [-0.3, -0.25) is 0 Å². The van der Waals surface area contributed by atoms with E-state index in [2.05, 4.69) is 16.9 Å². The highest BCUT2D eigenvalue weighted by Crippen LogP contribution is 2.41. The van der Waals surface area contributed by atoms with E-state index < -0.39 is 0 Å². The first-order valence-electron chi connectivity index (χ1n) is 4.15. The Morgan fingerprint density at radius 1 is 1.75 bits per heavy atom. The minimum atomic E-state index is 0.508. The Kier molecular flexibility index (Phi) is 1.98. The number of hydrogen-bond acceptors (Lipinski definition) is 3. The lowest BCUT2D eigenvalue weighted by molar-refractivity contribution is 1.07. The lowest BCUT2D eigenvalue weighted by Gasteiger charge is -1.94. The van der Waals surface area contributed by atoms with Crippen molar-refractivity contribution in [3.8, 4) is 0 Å². The first-order valence-corrected chi connectivity index (χ1v) is 5.03. The molecule has 1 aliphatic rings. The first kappa shape index (κ1) is 7.95. The van der Waals surface area contributed by atoms with Crippen LogP contribution < -0.4 is 5.73 Å². The van der Waals surface area contributed by atoms with Crippen LogP contribution in [0, 0.1) is 0 Å². The second-order valence-electron chi connectivity index (χ2n) is 3.15. The van der Waals surface area contributed by atoms with Crippen molar-refractivity contribution < 1.29 is 0 Å². The van der Waals surface area contributed by atoms with Crippen molar-refractivity contribution in [3.05, 3.63) is 22.7 Å². The second kappa shape index (κ2) is 2.99. The summed E-state index contributed by atoms with van der Waals surface area (Å²) >= 11 is 1.74. The molecule has 0 radical (unpaired) electrons. The van der Waals surface area contributed by atoms with Gasteiger partial charge in [0.05, 0.1) is 10.7 Å². The van der Waals surface area contributed by atoms with Crippen LogP contribution in [-0.4, -0.2) is 11.5 Å². The standard InChI is InChI=1S/C9H12N2S/c1-6(4-10)8-5-12-9(11-8)7-2-3-7/h5,7H,1-4,10H2. The highest BCUT2D eigenvalue weighted by Gasteiger charge is 2.26. The molecular formula is C9H12N2S. The maximum atomic E-state index is 5.47. The lowest BCUT2D eigenvalue weighted by Crippen LogP contribution is -2.01. The lowest BCUT2D eigenvalue weighted by atomic mass is 10.2. The summed E-state index contributed by atoms with van der Waals surface area (Å²) < 4.78 is 0. The monoisotopic (exact) mass is 180 g/mol. The summed E-state index contributed by atoms with van der Waals surface area (Å²) in [4.78, 5) is 4.48. The summed E-state index contributed by atoms with van der Waals surface area (Å²) in [6.45, 7) is 4.36. The fourth-order valence-corrected chi connectivity index (χ4v) is 2.10. The van der Waals surface area contributed by atoms with Crippen molar-refractivity contribution in [1.82, 2.24) is 4.98 Å². The predicted molar refractivity (Wildman–Crippen MR) is 52.2 cm³/mol. The van der Waals surface area contributed by atoms with Crippen molar-refractivity contribution in [2.75, 3.05) is 6.54 Å². The molecule has 0 spiro atoms. The molecule has 0 aromatic carbocycles. The fourth-order valence-electron chi connectivity index (χ4n) is 1.07. The Morgan fingerprint density at radius 3 is 3.08 bits per heavy atom. The Labute approximate surface area is 76.1 Å². The van der Waals surface area contributed by atoms with Gasteiger partial charge in [-0.25, -0.2) is 4.98 Å². The van der Waals surface area contributed by atoms with Crippen molar-refractivity contribution >= 4 is 16.9 Å². The summed E-state index contributed by atoms with van der Waals surface area (Å²) in [5.41, 5.74) is 7.40. The van der Waals surface area contributed by atoms with Gasteiger partial charge in [0.1, 0.15) is 0 Å². The van der Waals surface area contributed by atoms with Gasteiger partial charge in [0.2, 0.25) is 0 Å². The fraction of sp³-hybridized carbons (Fsp3) is 0.444. The molecular weight excluding hydrogens is 168 g/mol. The van der Waals surface area contributed by atoms with Gasteiger partial charge < -0.3 is 5.73 Å². The Bertz CT molecular complexity index is 299. The molecule has 1 aromatic heterocycles. The van der Waals surface area contributed by atoms with Crippen LogP contribution in [0.5, 0.6) is 0 Å². The molecule has 0 aliphatic heterocycles. The van der Waals surface area contributed by atoms with Crippen LogP contribution in [-0.2, 0) is 0 Å². The zero-order valence-electron chi connectivity index (χ0n) is 6.92. The van der Waals surface area contributed by atoms with Crippen LogP contribution in [0.4, 0.5) is 0 Å². The molecule has 1 fully saturated rings. The molecule has 1 heterocycles. The van der Waals surface area contributed by atoms with Crippen LogP contribution in [0.3, 0.4) is 0 Å². The normalized spacial score (nSPS) is 16.4. The van der Waals surface area contributed by atoms with Gasteiger partial charge in [-0.1, -0.05) is 6.58 Å². The molecule has 2 N–H and O–H groups in total. The van der Waals surface area contributed by atoms with Crippen LogP contribution in [0.15, 0.2) is 12.0 Å². The van der Waals surface area contributed by atoms with Gasteiger partial charge in [-0.15, -0.1) is 11.3 Å². The van der Waals surface area contributed by atoms with Gasteiger partial charge in [-0.05, 0) is 18.4 Å². The Balaban J connectivity index is 2.17. The molecule has 2 rings (SSSR count). The third kappa shape index (κ3) is 1.42. The SMILES string of the molecule is C=C(CN)c1csc(C2CC2)n1. The van der Waals surface area contributed by atoms with E-state index >= 15 is 0 Å². The van der Waals surface area contributed by atoms with Crippen molar-refractivity contribution in [2.24, 2.45) is 5.73 Å². The third-order valence-corrected chi connectivity index (χ3v) is 3.06. The number of nitrogens with two attached hydrogens (primary N) is 1. The first-order chi connectivity index (χ1) is 5.81. The quantitative estimate of drug-likeness (QED) is 0.772. The summed E-state index contributed by atoms with van der Waals surface area (Å²) in [6, 6.07) is 0. The third-order valence-electron chi connectivity index (χ3n) is 2.06. The second-order valence-corrected chi connectivity index (χ2v) is 4.04. The van der Waals surface area contributed by atoms with Crippen molar-refractivity contribution in [2.45, 2.75) is 18.8 Å². The van der Waals surface area contributed by atoms with Crippen molar-refractivity contribution in [3.63, 3.8) is 0 Å². The molecule has 1 aliphatic carbocycles. The highest BCUT2D eigenvalue weighted by atomic mass is 32.1. The molecule has 2 nitrogen and oxygen atoms in total. The van der Waals surface area contributed by atoms with Crippen LogP contribution in [0.1, 0.15) is 29.5 Å². The van der Waals surface area contributed by atoms with Gasteiger partial charge >= 0.3 is 0 Å². The van der Waals surface area contributed by atoms with E-state index in [4.69, 9.17) is 5.73 Å². The predicted octanol–water partition coefficient (Wildman–Crippen LogP) is 1.99. The maximum Gasteiger partial charge on any atom is 0.0963 e. The molecule has 1 aromatic rings. The minimum Gasteiger partial charge on any atom is -0.326 e. The number of hydrogen-bond donors (Lipinski definition) is 1. The van der Waals surface area contributed by atoms with Gasteiger partial charge in [0.25, 0.3) is 0 Å². The summed E-state index contributed by atoms with van der Waals surface area (Å²) in [6.07, 6.45) is 2.62. The average molecular weight is 180 g/mol. The maximum absolute atomic E-state index is 5.47. The zero-order valence-corrected chi connectivity index (χ0v) is 7.73. The van der Waals surface area contributed by atoms with Gasteiger partial charge in [0, 0.05) is 17.8 Å². The molecule has 64 valence electrons. The molecule has 12 heavy (non-hydrogen) atoms. The molecule has 0 saturated heterocycles. The molecule has 3 heteroatoms. The molecule has 0 atom stereocenters. The van der Waals surface area contributed by atoms with Crippen molar-refractivity contribution in [1.29, 1.82) is 0 Å². The highest BCUT2D eigenvalue weighted by molar-refractivity contribution is 7.09. The average Bonchev–Trinajstić information content (AvgIpc) is 2.83. The van der Waals surface area contributed by atoms with Crippen LogP contribution in [0.2, 0.25) is 0 Å². The summed E-state index contributed by atoms with van der Waals surface area (Å²) in [7, 11) is 0. The number of rotatable bonds is 3. The van der Waals surface area contributed by atoms with E-state index in [1.807, 2.05) is 0 Å². The Morgan fingerprint density at radius 2 is 2.50 bits per heavy atom. The van der Waals surface area contributed by atoms with Crippen LogP contribution in [0.25, 0.3) is 5.57 Å². The molecule has 0 amide bonds. The van der Waals surface area contributed by atoms with Gasteiger partial charge in [-0.2, -0.15) is 0 Å². The van der Waals surface area contributed by atoms with E-state index in [-0.39, 0.29) is 0 Å². The molecule has 0 unspecified atom stereocenters. The molecule has 1 saturated carbocycles. The van der Waals surface area contributed by atoms with E-state index in [0.29, 0.717) is 6.54 Å². The van der Waals surface area contributed by atoms with E-state index in [1.54, 1.807) is 11.3 Å². The van der Waals surface area contributed by atoms with E-state index in [9.17, 15) is 0 Å². The summed E-state index contributed by atoms with van der Waals surface area (Å²) in [5, 5.41) is 3.32. The number of nitrogens with zero attached hydrogens (tertiary/aromatic N) is 1. The Hall–Kier alpha value is -0.670. The smallest absolute Gasteiger partial charge is 0.0963 e. The van der Waals surface area contributed by atoms with Crippen LogP contribution >= 0.6 is 11.3 Å². The largest absolute Gasteiger partial charge is 0.326 e. The zero-order chi connectivity index (χ0) is 8.55. The summed E-state index contributed by atoms with van der Waals surface area (Å²) in [5.74, 6) is 0.745. The topological polar surface area (TPSA) is 38.9 Å².